The van der Waals surface area contributed by atoms with Crippen LogP contribution < -0.4 is 5.32 Å². The van der Waals surface area contributed by atoms with Crippen molar-refractivity contribution in [3.05, 3.63) is 66.0 Å². The van der Waals surface area contributed by atoms with Gasteiger partial charge in [0.2, 0.25) is 0 Å². The zero-order valence-electron chi connectivity index (χ0n) is 13.0. The molecule has 3 nitrogen and oxygen atoms in total. The van der Waals surface area contributed by atoms with E-state index in [4.69, 9.17) is 0 Å². The van der Waals surface area contributed by atoms with E-state index in [0.29, 0.717) is 10.7 Å². The molecule has 1 heterocycles. The molecular weight excluding hydrogens is 343 g/mol. The summed E-state index contributed by atoms with van der Waals surface area (Å²) < 4.78 is 14.7. The van der Waals surface area contributed by atoms with Crippen LogP contribution in [-0.4, -0.2) is 16.6 Å². The molecule has 0 saturated heterocycles. The van der Waals surface area contributed by atoms with E-state index in [-0.39, 0.29) is 5.56 Å². The first kappa shape index (κ1) is 16.7. The normalized spacial score (nSPS) is 10.6. The Morgan fingerprint density at radius 2 is 1.88 bits per heavy atom. The van der Waals surface area contributed by atoms with Crippen LogP contribution in [0.25, 0.3) is 11.3 Å². The smallest absolute Gasteiger partial charge is 0.259 e. The van der Waals surface area contributed by atoms with Gasteiger partial charge in [0.15, 0.2) is 4.34 Å². The molecule has 0 aliphatic rings. The Morgan fingerprint density at radius 3 is 2.58 bits per heavy atom. The largest absolute Gasteiger partial charge is 0.312 e. The molecule has 0 spiro atoms. The zero-order valence-corrected chi connectivity index (χ0v) is 14.6. The molecule has 122 valence electrons. The maximum absolute atomic E-state index is 13.8. The maximum Gasteiger partial charge on any atom is 0.259 e. The van der Waals surface area contributed by atoms with E-state index in [1.165, 1.54) is 23.5 Å². The fraction of sp³-hybridized carbons (Fsp3) is 0.111. The summed E-state index contributed by atoms with van der Waals surface area (Å²) >= 11 is 3.02. The molecule has 0 unspecified atom stereocenters. The lowest BCUT2D eigenvalue weighted by atomic mass is 10.1. The predicted molar refractivity (Wildman–Crippen MR) is 98.3 cm³/mol. The summed E-state index contributed by atoms with van der Waals surface area (Å²) in [6.45, 7) is 2.05. The predicted octanol–water partition coefficient (Wildman–Crippen LogP) is 5.31. The van der Waals surface area contributed by atoms with Crippen LogP contribution in [0.15, 0.2) is 58.9 Å². The summed E-state index contributed by atoms with van der Waals surface area (Å²) in [4.78, 5) is 17.0. The number of nitrogens with one attached hydrogen (secondary N) is 1. The van der Waals surface area contributed by atoms with Crippen LogP contribution in [0, 0.1) is 5.82 Å². The van der Waals surface area contributed by atoms with Crippen molar-refractivity contribution in [1.82, 2.24) is 4.98 Å². The highest BCUT2D eigenvalue weighted by Gasteiger charge is 2.18. The molecular formula is C18H15FN2OS2. The van der Waals surface area contributed by atoms with E-state index in [2.05, 4.69) is 10.3 Å². The number of carbonyl (C=O) groups excluding carboxylic acids is 1. The van der Waals surface area contributed by atoms with Crippen molar-refractivity contribution in [3.63, 3.8) is 0 Å². The highest BCUT2D eigenvalue weighted by molar-refractivity contribution is 8.01. The van der Waals surface area contributed by atoms with Crippen LogP contribution >= 0.6 is 23.1 Å². The summed E-state index contributed by atoms with van der Waals surface area (Å²) in [5.74, 6) is -0.117. The molecule has 3 aromatic rings. The average molecular weight is 358 g/mol. The second-order valence-electron chi connectivity index (χ2n) is 4.89. The molecule has 1 amide bonds. The van der Waals surface area contributed by atoms with Gasteiger partial charge < -0.3 is 5.32 Å². The third-order valence-electron chi connectivity index (χ3n) is 3.27. The molecule has 0 radical (unpaired) electrons. The van der Waals surface area contributed by atoms with Gasteiger partial charge in [-0.1, -0.05) is 72.5 Å². The number of halogens is 1. The Kier molecular flexibility index (Phi) is 5.27. The van der Waals surface area contributed by atoms with Crippen LogP contribution in [-0.2, 0) is 0 Å². The second-order valence-corrected chi connectivity index (χ2v) is 7.40. The third kappa shape index (κ3) is 3.66. The van der Waals surface area contributed by atoms with Crippen LogP contribution in [0.2, 0.25) is 0 Å². The van der Waals surface area contributed by atoms with Crippen molar-refractivity contribution >= 4 is 34.0 Å². The topological polar surface area (TPSA) is 42.0 Å². The number of amides is 1. The number of anilines is 1. The fourth-order valence-electron chi connectivity index (χ4n) is 2.18. The number of aromatic nitrogens is 1. The molecule has 1 N–H and O–H groups in total. The van der Waals surface area contributed by atoms with Crippen molar-refractivity contribution in [2.45, 2.75) is 11.3 Å². The summed E-state index contributed by atoms with van der Waals surface area (Å²) in [7, 11) is 0. The van der Waals surface area contributed by atoms with Gasteiger partial charge in [-0.05, 0) is 17.9 Å². The summed E-state index contributed by atoms with van der Waals surface area (Å²) in [5.41, 5.74) is 1.65. The quantitative estimate of drug-likeness (QED) is 0.628. The first-order chi connectivity index (χ1) is 11.7. The van der Waals surface area contributed by atoms with E-state index in [1.54, 1.807) is 23.9 Å². The zero-order chi connectivity index (χ0) is 16.9. The summed E-state index contributed by atoms with van der Waals surface area (Å²) in [6, 6.07) is 15.6. The fourth-order valence-corrected chi connectivity index (χ4v) is 4.14. The van der Waals surface area contributed by atoms with E-state index in [0.717, 1.165) is 15.7 Å². The first-order valence-electron chi connectivity index (χ1n) is 7.44. The van der Waals surface area contributed by atoms with Gasteiger partial charge in [0.05, 0.1) is 5.56 Å². The Bertz CT molecular complexity index is 849. The molecule has 0 saturated carbocycles. The van der Waals surface area contributed by atoms with Crippen LogP contribution in [0.1, 0.15) is 17.3 Å². The number of rotatable bonds is 5. The molecule has 0 fully saturated rings. The highest BCUT2D eigenvalue weighted by atomic mass is 32.2. The van der Waals surface area contributed by atoms with Crippen molar-refractivity contribution < 1.29 is 9.18 Å². The van der Waals surface area contributed by atoms with Gasteiger partial charge in [0.1, 0.15) is 16.5 Å². The third-order valence-corrected chi connectivity index (χ3v) is 5.26. The summed E-state index contributed by atoms with van der Waals surface area (Å²) in [6.07, 6.45) is 0. The molecule has 6 heteroatoms. The van der Waals surface area contributed by atoms with Crippen molar-refractivity contribution in [1.29, 1.82) is 0 Å². The number of nitrogens with zero attached hydrogens (tertiary/aromatic N) is 1. The molecule has 0 bridgehead atoms. The van der Waals surface area contributed by atoms with Crippen molar-refractivity contribution in [2.24, 2.45) is 0 Å². The maximum atomic E-state index is 13.8. The standard InChI is InChI=1S/C18H15FN2OS2/c1-2-23-18-20-15(12-8-4-3-5-9-12)17(24-18)21-16(22)13-10-6-7-11-14(13)19/h3-11H,2H2,1H3,(H,21,22). The Morgan fingerprint density at radius 1 is 1.17 bits per heavy atom. The Hall–Kier alpha value is -2.18. The number of benzene rings is 2. The van der Waals surface area contributed by atoms with Gasteiger partial charge >= 0.3 is 0 Å². The van der Waals surface area contributed by atoms with Gasteiger partial charge in [0.25, 0.3) is 5.91 Å². The van der Waals surface area contributed by atoms with Crippen molar-refractivity contribution in [3.8, 4) is 11.3 Å². The van der Waals surface area contributed by atoms with Crippen LogP contribution in [0.5, 0.6) is 0 Å². The monoisotopic (exact) mass is 358 g/mol. The number of hydrogen-bond acceptors (Lipinski definition) is 4. The van der Waals surface area contributed by atoms with E-state index in [9.17, 15) is 9.18 Å². The van der Waals surface area contributed by atoms with Crippen LogP contribution in [0.3, 0.4) is 0 Å². The lowest BCUT2D eigenvalue weighted by Crippen LogP contribution is -2.13. The lowest BCUT2D eigenvalue weighted by molar-refractivity contribution is 0.102. The average Bonchev–Trinajstić information content (AvgIpc) is 2.99. The molecule has 0 atom stereocenters. The van der Waals surface area contributed by atoms with Gasteiger partial charge in [-0.3, -0.25) is 4.79 Å². The minimum absolute atomic E-state index is 0.0228. The lowest BCUT2D eigenvalue weighted by Gasteiger charge is -2.06. The SMILES string of the molecule is CCSc1nc(-c2ccccc2)c(NC(=O)c2ccccc2F)s1. The molecule has 0 aliphatic heterocycles. The molecule has 3 rings (SSSR count). The van der Waals surface area contributed by atoms with Gasteiger partial charge in [-0.15, -0.1) is 0 Å². The molecule has 24 heavy (non-hydrogen) atoms. The Labute approximate surface area is 148 Å². The number of hydrogen-bond donors (Lipinski definition) is 1. The molecule has 1 aromatic heterocycles. The van der Waals surface area contributed by atoms with Gasteiger partial charge in [-0.2, -0.15) is 0 Å². The Balaban J connectivity index is 1.95. The molecule has 0 aliphatic carbocycles. The highest BCUT2D eigenvalue weighted by Crippen LogP contribution is 2.37. The van der Waals surface area contributed by atoms with E-state index in [1.807, 2.05) is 37.3 Å². The second kappa shape index (κ2) is 7.59. The molecule has 2 aromatic carbocycles. The number of thiazole rings is 1. The van der Waals surface area contributed by atoms with E-state index >= 15 is 0 Å². The number of thioether (sulfide) groups is 1. The van der Waals surface area contributed by atoms with Crippen LogP contribution in [0.4, 0.5) is 9.39 Å². The first-order valence-corrected chi connectivity index (χ1v) is 9.24. The van der Waals surface area contributed by atoms with Gasteiger partial charge in [0, 0.05) is 5.56 Å². The van der Waals surface area contributed by atoms with Gasteiger partial charge in [-0.25, -0.2) is 9.37 Å². The summed E-state index contributed by atoms with van der Waals surface area (Å²) in [5, 5.41) is 3.44. The minimum Gasteiger partial charge on any atom is -0.312 e. The minimum atomic E-state index is -0.538. The van der Waals surface area contributed by atoms with E-state index < -0.39 is 11.7 Å². The van der Waals surface area contributed by atoms with Crippen molar-refractivity contribution in [2.75, 3.05) is 11.1 Å². The number of carbonyl (C=O) groups is 1.